The molecule has 5 aromatic rings. The van der Waals surface area contributed by atoms with Gasteiger partial charge in [0.1, 0.15) is 0 Å². The van der Waals surface area contributed by atoms with Gasteiger partial charge < -0.3 is 0 Å². The van der Waals surface area contributed by atoms with Crippen molar-refractivity contribution in [1.82, 2.24) is 0 Å². The molecule has 0 aliphatic carbocycles. The van der Waals surface area contributed by atoms with Crippen molar-refractivity contribution < 1.29 is 0 Å². The fraction of sp³-hybridized carbons (Fsp3) is 0.0345. The second-order valence-corrected chi connectivity index (χ2v) is 12.8. The van der Waals surface area contributed by atoms with E-state index in [0.717, 1.165) is 5.56 Å². The number of benzene rings is 5. The molecule has 0 aliphatic rings. The van der Waals surface area contributed by atoms with E-state index in [9.17, 15) is 0 Å². The molecule has 0 amide bonds. The zero-order valence-electron chi connectivity index (χ0n) is 16.8. The van der Waals surface area contributed by atoms with Gasteiger partial charge in [-0.3, -0.25) is 0 Å². The number of rotatable bonds is 2. The van der Waals surface area contributed by atoms with Gasteiger partial charge >= 0.3 is 186 Å². The van der Waals surface area contributed by atoms with E-state index in [4.69, 9.17) is 0 Å². The third-order valence-electron chi connectivity index (χ3n) is 5.37. The molecule has 0 nitrogen and oxygen atoms in total. The molecule has 0 bridgehead atoms. The summed E-state index contributed by atoms with van der Waals surface area (Å²) in [5.41, 5.74) is 2.38. The Balaban J connectivity index is 1.78. The molecule has 0 N–H and O–H groups in total. The van der Waals surface area contributed by atoms with Crippen LogP contribution < -0.4 is 7.02 Å². The van der Waals surface area contributed by atoms with Crippen molar-refractivity contribution >= 4 is 48.8 Å². The van der Waals surface area contributed by atoms with Gasteiger partial charge in [0, 0.05) is 0 Å². The van der Waals surface area contributed by atoms with E-state index in [2.05, 4.69) is 120 Å². The van der Waals surface area contributed by atoms with Crippen molar-refractivity contribution in [3.63, 3.8) is 0 Å². The van der Waals surface area contributed by atoms with E-state index in [-0.39, 0.29) is 0 Å². The normalized spacial score (nSPS) is 10.9. The molecule has 0 atom stereocenters. The molecule has 0 unspecified atom stereocenters. The summed E-state index contributed by atoms with van der Waals surface area (Å²) < 4.78 is 6.63. The van der Waals surface area contributed by atoms with Crippen LogP contribution in [0, 0.1) is 16.7 Å². The number of aryl methyl sites for hydroxylation is 1. The van der Waals surface area contributed by atoms with Crippen molar-refractivity contribution in [3.05, 3.63) is 120 Å². The first-order chi connectivity index (χ1) is 14.8. The van der Waals surface area contributed by atoms with Gasteiger partial charge in [0.25, 0.3) is 0 Å². The Morgan fingerprint density at radius 1 is 0.600 bits per heavy atom. The summed E-state index contributed by atoms with van der Waals surface area (Å²) in [4.78, 5) is 0. The van der Waals surface area contributed by atoms with Crippen LogP contribution in [0.2, 0.25) is 0 Å². The minimum atomic E-state index is -2.32. The van der Waals surface area contributed by atoms with Crippen LogP contribution in [-0.2, 0) is 0 Å². The Labute approximate surface area is 185 Å². The van der Waals surface area contributed by atoms with Crippen molar-refractivity contribution in [3.8, 4) is 9.79 Å². The number of hydrogen-bond donors (Lipinski definition) is 0. The van der Waals surface area contributed by atoms with E-state index in [0.29, 0.717) is 0 Å². The first kappa shape index (κ1) is 19.0. The first-order valence-corrected chi connectivity index (χ1v) is 14.0. The Morgan fingerprint density at radius 2 is 1.23 bits per heavy atom. The summed E-state index contributed by atoms with van der Waals surface area (Å²) in [7, 11) is 0. The number of fused-ring (bicyclic) bond motifs is 3. The van der Waals surface area contributed by atoms with Gasteiger partial charge in [-0.1, -0.05) is 0 Å². The van der Waals surface area contributed by atoms with Gasteiger partial charge in [-0.25, -0.2) is 0 Å². The zero-order chi connectivity index (χ0) is 20.3. The molecule has 0 aromatic heterocycles. The fourth-order valence-corrected chi connectivity index (χ4v) is 9.30. The van der Waals surface area contributed by atoms with Crippen LogP contribution in [0.5, 0.6) is 0 Å². The van der Waals surface area contributed by atoms with E-state index in [1.165, 1.54) is 34.1 Å². The summed E-state index contributed by atoms with van der Waals surface area (Å²) in [6.07, 6.45) is 0. The van der Waals surface area contributed by atoms with Crippen LogP contribution in [0.25, 0.3) is 21.5 Å². The van der Waals surface area contributed by atoms with E-state index in [1.54, 1.807) is 0 Å². The third kappa shape index (κ3) is 3.75. The molecular weight excluding hydrogens is 470 g/mol. The maximum atomic E-state index is 3.78. The van der Waals surface area contributed by atoms with E-state index >= 15 is 0 Å². The minimum absolute atomic E-state index is 1.09. The Bertz CT molecular complexity index is 1390. The van der Waals surface area contributed by atoms with Gasteiger partial charge in [0.05, 0.1) is 0 Å². The monoisotopic (exact) mass is 490 g/mol. The molecule has 30 heavy (non-hydrogen) atoms. The van der Waals surface area contributed by atoms with Crippen molar-refractivity contribution in [1.29, 1.82) is 0 Å². The van der Waals surface area contributed by atoms with Crippen molar-refractivity contribution in [2.75, 3.05) is 0 Å². The van der Waals surface area contributed by atoms with E-state index in [1.807, 2.05) is 6.07 Å². The molecule has 0 fully saturated rings. The average Bonchev–Trinajstić information content (AvgIpc) is 2.81. The molecule has 0 radical (unpaired) electrons. The number of hydrogen-bond acceptors (Lipinski definition) is 0. The maximum absolute atomic E-state index is 3.78. The molecule has 1 heteroatoms. The molecule has 0 spiro atoms. The van der Waals surface area contributed by atoms with Crippen LogP contribution in [0.3, 0.4) is 0 Å². The summed E-state index contributed by atoms with van der Waals surface area (Å²) in [5.74, 6) is 3.50. The summed E-state index contributed by atoms with van der Waals surface area (Å²) in [6.45, 7) is 2.15. The van der Waals surface area contributed by atoms with Crippen LogP contribution >= 0.6 is 0 Å². The van der Waals surface area contributed by atoms with Gasteiger partial charge in [-0.05, 0) is 0 Å². The van der Waals surface area contributed by atoms with Crippen LogP contribution in [0.15, 0.2) is 109 Å². The Kier molecular flexibility index (Phi) is 5.31. The van der Waals surface area contributed by atoms with Gasteiger partial charge in [-0.2, -0.15) is 0 Å². The average molecular weight is 491 g/mol. The molecule has 0 saturated carbocycles. The molecule has 0 heterocycles. The summed E-state index contributed by atoms with van der Waals surface area (Å²) >= 11 is -2.32. The third-order valence-corrected chi connectivity index (χ3v) is 11.1. The van der Waals surface area contributed by atoms with Crippen LogP contribution in [-0.4, -0.2) is 20.2 Å². The predicted molar refractivity (Wildman–Crippen MR) is 131 cm³/mol. The summed E-state index contributed by atoms with van der Waals surface area (Å²) in [6, 6.07) is 39.3. The van der Waals surface area contributed by atoms with Crippen molar-refractivity contribution in [2.24, 2.45) is 0 Å². The molecule has 5 aromatic carbocycles. The predicted octanol–water partition coefficient (Wildman–Crippen LogP) is 5.50. The molecule has 0 aliphatic heterocycles. The Hall–Kier alpha value is -3.00. The second kappa shape index (κ2) is 8.39. The molecule has 142 valence electrons. The van der Waals surface area contributed by atoms with Crippen molar-refractivity contribution in [2.45, 2.75) is 6.92 Å². The first-order valence-electron chi connectivity index (χ1n) is 10.1. The van der Waals surface area contributed by atoms with Crippen LogP contribution in [0.1, 0.15) is 11.1 Å². The summed E-state index contributed by atoms with van der Waals surface area (Å²) in [5, 5.41) is 5.29. The van der Waals surface area contributed by atoms with E-state index < -0.39 is 20.2 Å². The fourth-order valence-electron chi connectivity index (χ4n) is 3.82. The Morgan fingerprint density at radius 3 is 2.00 bits per heavy atom. The quantitative estimate of drug-likeness (QED) is 0.174. The standard InChI is InChI=1S/C14H9.C8H5.C7H7.Sb/c1-3-7-13-11(5-1)9-10-12-6-2-4-8-14(12)13;1-2-8-6-4-3-5-7-8;1-7-5-3-2-4-6-7;/h1-9H;3-7H;3-6H,1H3;. The van der Waals surface area contributed by atoms with Crippen LogP contribution in [0.4, 0.5) is 0 Å². The van der Waals surface area contributed by atoms with Gasteiger partial charge in [0.2, 0.25) is 0 Å². The molecule has 0 saturated heterocycles. The molecule has 5 rings (SSSR count). The zero-order valence-corrected chi connectivity index (χ0v) is 19.4. The second-order valence-electron chi connectivity index (χ2n) is 7.44. The SMILES string of the molecule is Cc1cc[c]([Sb]([C]#Cc2ccccc2)[c]2cc3ccccc3c3ccccc23)cc1. The van der Waals surface area contributed by atoms with Gasteiger partial charge in [0.15, 0.2) is 0 Å². The van der Waals surface area contributed by atoms with Gasteiger partial charge in [-0.15, -0.1) is 0 Å². The topological polar surface area (TPSA) is 0 Å². The molecular formula is C29H21Sb.